The normalized spacial score (nSPS) is 22.6. The lowest BCUT2D eigenvalue weighted by Gasteiger charge is -2.18. The summed E-state index contributed by atoms with van der Waals surface area (Å²) in [6.45, 7) is 4.49. The van der Waals surface area contributed by atoms with Gasteiger partial charge >= 0.3 is 0 Å². The molecule has 0 spiro atoms. The molecule has 0 bridgehead atoms. The second-order valence-corrected chi connectivity index (χ2v) is 5.00. The molecule has 0 aliphatic carbocycles. The molecule has 1 aromatic carbocycles. The lowest BCUT2D eigenvalue weighted by atomic mass is 10.0. The molecule has 17 heavy (non-hydrogen) atoms. The van der Waals surface area contributed by atoms with E-state index in [0.717, 1.165) is 25.3 Å². The van der Waals surface area contributed by atoms with Gasteiger partial charge in [-0.15, -0.1) is 0 Å². The highest BCUT2D eigenvalue weighted by molar-refractivity contribution is 5.26. The molecule has 3 nitrogen and oxygen atoms in total. The van der Waals surface area contributed by atoms with E-state index in [2.05, 4.69) is 11.9 Å². The summed E-state index contributed by atoms with van der Waals surface area (Å²) < 4.78 is 5.60. The Bertz CT molecular complexity index is 350. The van der Waals surface area contributed by atoms with Gasteiger partial charge in [0.25, 0.3) is 0 Å². The number of hydrogen-bond acceptors (Lipinski definition) is 3. The van der Waals surface area contributed by atoms with Crippen molar-refractivity contribution in [1.29, 1.82) is 0 Å². The second-order valence-electron chi connectivity index (χ2n) is 5.00. The second kappa shape index (κ2) is 5.52. The number of benzene rings is 1. The standard InChI is InChI=1S/C14H21NO2/c1-11-3-5-13(6-4-11)17-10-14(16)12-7-8-15(2)9-12/h3-6,12,14,16H,7-10H2,1-2H3. The lowest BCUT2D eigenvalue weighted by Crippen LogP contribution is -2.29. The third kappa shape index (κ3) is 3.45. The average molecular weight is 235 g/mol. The van der Waals surface area contributed by atoms with Crippen LogP contribution in [0.1, 0.15) is 12.0 Å². The van der Waals surface area contributed by atoms with Crippen molar-refractivity contribution in [3.8, 4) is 5.75 Å². The highest BCUT2D eigenvalue weighted by Crippen LogP contribution is 2.19. The van der Waals surface area contributed by atoms with Gasteiger partial charge in [-0.2, -0.15) is 0 Å². The van der Waals surface area contributed by atoms with Crippen molar-refractivity contribution in [3.05, 3.63) is 29.8 Å². The van der Waals surface area contributed by atoms with Crippen LogP contribution < -0.4 is 4.74 Å². The van der Waals surface area contributed by atoms with Crippen molar-refractivity contribution >= 4 is 0 Å². The largest absolute Gasteiger partial charge is 0.491 e. The topological polar surface area (TPSA) is 32.7 Å². The molecule has 2 atom stereocenters. The fourth-order valence-corrected chi connectivity index (χ4v) is 2.24. The van der Waals surface area contributed by atoms with E-state index < -0.39 is 0 Å². The molecule has 0 saturated carbocycles. The van der Waals surface area contributed by atoms with E-state index in [1.54, 1.807) is 0 Å². The van der Waals surface area contributed by atoms with Gasteiger partial charge in [0.05, 0.1) is 6.10 Å². The van der Waals surface area contributed by atoms with E-state index in [1.165, 1.54) is 5.56 Å². The summed E-state index contributed by atoms with van der Waals surface area (Å²) in [6.07, 6.45) is 0.704. The summed E-state index contributed by atoms with van der Waals surface area (Å²) >= 11 is 0. The summed E-state index contributed by atoms with van der Waals surface area (Å²) in [7, 11) is 2.09. The van der Waals surface area contributed by atoms with Gasteiger partial charge in [0.15, 0.2) is 0 Å². The minimum atomic E-state index is -0.360. The molecule has 1 aromatic rings. The van der Waals surface area contributed by atoms with Crippen molar-refractivity contribution in [2.24, 2.45) is 5.92 Å². The minimum absolute atomic E-state index is 0.352. The average Bonchev–Trinajstić information content (AvgIpc) is 2.75. The maximum absolute atomic E-state index is 10.0. The Morgan fingerprint density at radius 1 is 1.41 bits per heavy atom. The summed E-state index contributed by atoms with van der Waals surface area (Å²) in [5, 5.41) is 10.0. The first-order chi connectivity index (χ1) is 8.15. The van der Waals surface area contributed by atoms with Crippen LogP contribution >= 0.6 is 0 Å². The maximum atomic E-state index is 10.0. The predicted molar refractivity (Wildman–Crippen MR) is 68.3 cm³/mol. The SMILES string of the molecule is Cc1ccc(OCC(O)C2CCN(C)C2)cc1. The van der Waals surface area contributed by atoms with Gasteiger partial charge in [-0.25, -0.2) is 0 Å². The van der Waals surface area contributed by atoms with Gasteiger partial charge in [-0.05, 0) is 39.1 Å². The van der Waals surface area contributed by atoms with Crippen LogP contribution in [0.5, 0.6) is 5.75 Å². The smallest absolute Gasteiger partial charge is 0.119 e. The van der Waals surface area contributed by atoms with Crippen LogP contribution in [0.3, 0.4) is 0 Å². The number of hydrogen-bond donors (Lipinski definition) is 1. The summed E-state index contributed by atoms with van der Waals surface area (Å²) in [6, 6.07) is 7.93. The first-order valence-corrected chi connectivity index (χ1v) is 6.21. The lowest BCUT2D eigenvalue weighted by molar-refractivity contribution is 0.0607. The zero-order valence-corrected chi connectivity index (χ0v) is 10.6. The predicted octanol–water partition coefficient (Wildman–Crippen LogP) is 1.69. The van der Waals surface area contributed by atoms with Crippen molar-refractivity contribution in [2.45, 2.75) is 19.4 Å². The highest BCUT2D eigenvalue weighted by Gasteiger charge is 2.26. The van der Waals surface area contributed by atoms with Crippen LogP contribution in [0, 0.1) is 12.8 Å². The zero-order chi connectivity index (χ0) is 12.3. The molecule has 1 fully saturated rings. The molecule has 1 aliphatic rings. The highest BCUT2D eigenvalue weighted by atomic mass is 16.5. The summed E-state index contributed by atoms with van der Waals surface area (Å²) in [5.41, 5.74) is 1.22. The number of ether oxygens (including phenoxy) is 1. The molecular weight excluding hydrogens is 214 g/mol. The van der Waals surface area contributed by atoms with Gasteiger partial charge in [-0.1, -0.05) is 17.7 Å². The van der Waals surface area contributed by atoms with E-state index in [9.17, 15) is 5.11 Å². The van der Waals surface area contributed by atoms with Crippen molar-refractivity contribution in [2.75, 3.05) is 26.7 Å². The molecule has 2 unspecified atom stereocenters. The fourth-order valence-electron chi connectivity index (χ4n) is 2.24. The van der Waals surface area contributed by atoms with E-state index in [1.807, 2.05) is 31.2 Å². The Labute approximate surface area is 103 Å². The molecule has 1 N–H and O–H groups in total. The zero-order valence-electron chi connectivity index (χ0n) is 10.6. The van der Waals surface area contributed by atoms with Crippen LogP contribution in [-0.2, 0) is 0 Å². The fraction of sp³-hybridized carbons (Fsp3) is 0.571. The summed E-state index contributed by atoms with van der Waals surface area (Å²) in [5.74, 6) is 1.19. The molecular formula is C14H21NO2. The maximum Gasteiger partial charge on any atom is 0.119 e. The molecule has 2 rings (SSSR count). The molecule has 0 radical (unpaired) electrons. The van der Waals surface area contributed by atoms with Crippen LogP contribution in [-0.4, -0.2) is 42.9 Å². The number of nitrogens with zero attached hydrogens (tertiary/aromatic N) is 1. The molecule has 0 aromatic heterocycles. The van der Waals surface area contributed by atoms with E-state index in [4.69, 9.17) is 4.74 Å². The van der Waals surface area contributed by atoms with Crippen LogP contribution in [0.15, 0.2) is 24.3 Å². The Kier molecular flexibility index (Phi) is 4.02. The van der Waals surface area contributed by atoms with Crippen LogP contribution in [0.25, 0.3) is 0 Å². The first-order valence-electron chi connectivity index (χ1n) is 6.21. The van der Waals surface area contributed by atoms with E-state index in [-0.39, 0.29) is 6.10 Å². The quantitative estimate of drug-likeness (QED) is 0.862. The molecule has 3 heteroatoms. The third-order valence-electron chi connectivity index (χ3n) is 3.41. The van der Waals surface area contributed by atoms with Gasteiger partial charge in [0, 0.05) is 12.5 Å². The van der Waals surface area contributed by atoms with Crippen LogP contribution in [0.4, 0.5) is 0 Å². The van der Waals surface area contributed by atoms with E-state index >= 15 is 0 Å². The van der Waals surface area contributed by atoms with Crippen molar-refractivity contribution in [1.82, 2.24) is 4.90 Å². The molecule has 94 valence electrons. The van der Waals surface area contributed by atoms with Crippen molar-refractivity contribution in [3.63, 3.8) is 0 Å². The molecule has 1 heterocycles. The van der Waals surface area contributed by atoms with Crippen molar-refractivity contribution < 1.29 is 9.84 Å². The molecule has 1 saturated heterocycles. The number of aryl methyl sites for hydroxylation is 1. The van der Waals surface area contributed by atoms with E-state index in [0.29, 0.717) is 12.5 Å². The number of rotatable bonds is 4. The number of aliphatic hydroxyl groups is 1. The molecule has 1 aliphatic heterocycles. The minimum Gasteiger partial charge on any atom is -0.491 e. The number of likely N-dealkylation sites (tertiary alicyclic amines) is 1. The Morgan fingerprint density at radius 2 is 2.12 bits per heavy atom. The Morgan fingerprint density at radius 3 is 2.71 bits per heavy atom. The third-order valence-corrected chi connectivity index (χ3v) is 3.41. The monoisotopic (exact) mass is 235 g/mol. The van der Waals surface area contributed by atoms with Gasteiger partial charge in [0.1, 0.15) is 12.4 Å². The number of aliphatic hydroxyl groups excluding tert-OH is 1. The van der Waals surface area contributed by atoms with Gasteiger partial charge in [0.2, 0.25) is 0 Å². The summed E-state index contributed by atoms with van der Waals surface area (Å²) in [4.78, 5) is 2.25. The molecule has 0 amide bonds. The Hall–Kier alpha value is -1.06. The van der Waals surface area contributed by atoms with Crippen LogP contribution in [0.2, 0.25) is 0 Å². The van der Waals surface area contributed by atoms with Gasteiger partial charge in [-0.3, -0.25) is 0 Å². The first kappa shape index (κ1) is 12.4. The van der Waals surface area contributed by atoms with Gasteiger partial charge < -0.3 is 14.7 Å². The Balaban J connectivity index is 1.79.